The van der Waals surface area contributed by atoms with E-state index < -0.39 is 0 Å². The summed E-state index contributed by atoms with van der Waals surface area (Å²) in [5, 5.41) is 2.95. The SMILES string of the molecule is CC(C)CNC(=O)C(C)N1CC[C@H](N)C1. The molecule has 0 aromatic carbocycles. The summed E-state index contributed by atoms with van der Waals surface area (Å²) in [7, 11) is 0. The van der Waals surface area contributed by atoms with Crippen LogP contribution < -0.4 is 11.1 Å². The van der Waals surface area contributed by atoms with Crippen molar-refractivity contribution in [1.82, 2.24) is 10.2 Å². The van der Waals surface area contributed by atoms with Crippen LogP contribution in [0.1, 0.15) is 27.2 Å². The Morgan fingerprint density at radius 1 is 1.53 bits per heavy atom. The Morgan fingerprint density at radius 3 is 2.67 bits per heavy atom. The molecule has 0 aromatic rings. The molecule has 1 rings (SSSR count). The molecule has 0 spiro atoms. The second-order valence-electron chi connectivity index (χ2n) is 4.86. The van der Waals surface area contributed by atoms with Gasteiger partial charge in [-0.2, -0.15) is 0 Å². The Kier molecular flexibility index (Phi) is 4.54. The lowest BCUT2D eigenvalue weighted by Gasteiger charge is -2.23. The first-order valence-corrected chi connectivity index (χ1v) is 5.78. The van der Waals surface area contributed by atoms with Gasteiger partial charge in [-0.15, -0.1) is 0 Å². The second-order valence-corrected chi connectivity index (χ2v) is 4.86. The zero-order valence-electron chi connectivity index (χ0n) is 9.99. The van der Waals surface area contributed by atoms with E-state index in [2.05, 4.69) is 24.1 Å². The van der Waals surface area contributed by atoms with E-state index in [0.29, 0.717) is 5.92 Å². The van der Waals surface area contributed by atoms with E-state index in [1.54, 1.807) is 0 Å². The Labute approximate surface area is 92.2 Å². The van der Waals surface area contributed by atoms with E-state index in [0.717, 1.165) is 26.1 Å². The molecule has 1 fully saturated rings. The first kappa shape index (κ1) is 12.5. The predicted octanol–water partition coefficient (Wildman–Crippen LogP) is 0.180. The van der Waals surface area contributed by atoms with Crippen LogP contribution in [-0.2, 0) is 4.79 Å². The Bertz CT molecular complexity index is 218. The van der Waals surface area contributed by atoms with Crippen LogP contribution in [0.4, 0.5) is 0 Å². The van der Waals surface area contributed by atoms with Gasteiger partial charge in [0.1, 0.15) is 0 Å². The van der Waals surface area contributed by atoms with Gasteiger partial charge in [-0.25, -0.2) is 0 Å². The number of hydrogen-bond donors (Lipinski definition) is 2. The number of carbonyl (C=O) groups excluding carboxylic acids is 1. The summed E-state index contributed by atoms with van der Waals surface area (Å²) in [6.45, 7) is 8.68. The topological polar surface area (TPSA) is 58.4 Å². The Hall–Kier alpha value is -0.610. The first-order chi connectivity index (χ1) is 7.00. The minimum Gasteiger partial charge on any atom is -0.354 e. The maximum absolute atomic E-state index is 11.7. The number of rotatable bonds is 4. The quantitative estimate of drug-likeness (QED) is 0.700. The lowest BCUT2D eigenvalue weighted by molar-refractivity contribution is -0.125. The molecule has 1 aliphatic rings. The largest absolute Gasteiger partial charge is 0.354 e. The standard InChI is InChI=1S/C11H23N3O/c1-8(2)6-13-11(15)9(3)14-5-4-10(12)7-14/h8-10H,4-7,12H2,1-3H3,(H,13,15)/t9?,10-/m0/s1. The third kappa shape index (κ3) is 3.80. The highest BCUT2D eigenvalue weighted by molar-refractivity contribution is 5.81. The fraction of sp³-hybridized carbons (Fsp3) is 0.909. The summed E-state index contributed by atoms with van der Waals surface area (Å²) < 4.78 is 0. The van der Waals surface area contributed by atoms with Crippen molar-refractivity contribution >= 4 is 5.91 Å². The van der Waals surface area contributed by atoms with Gasteiger partial charge < -0.3 is 11.1 Å². The van der Waals surface area contributed by atoms with E-state index in [1.807, 2.05) is 6.92 Å². The Morgan fingerprint density at radius 2 is 2.20 bits per heavy atom. The van der Waals surface area contributed by atoms with Crippen LogP contribution in [0.5, 0.6) is 0 Å². The monoisotopic (exact) mass is 213 g/mol. The summed E-state index contributed by atoms with van der Waals surface area (Å²) >= 11 is 0. The number of nitrogens with zero attached hydrogens (tertiary/aromatic N) is 1. The molecule has 0 aliphatic carbocycles. The summed E-state index contributed by atoms with van der Waals surface area (Å²) in [5.41, 5.74) is 5.81. The molecule has 0 bridgehead atoms. The minimum atomic E-state index is -0.0442. The maximum atomic E-state index is 11.7. The van der Waals surface area contributed by atoms with Gasteiger partial charge in [0.2, 0.25) is 5.91 Å². The van der Waals surface area contributed by atoms with Gasteiger partial charge in [-0.1, -0.05) is 13.8 Å². The summed E-state index contributed by atoms with van der Waals surface area (Å²) in [4.78, 5) is 13.9. The van der Waals surface area contributed by atoms with E-state index in [9.17, 15) is 4.79 Å². The minimum absolute atomic E-state index is 0.0442. The predicted molar refractivity (Wildman–Crippen MR) is 61.5 cm³/mol. The third-order valence-electron chi connectivity index (χ3n) is 2.87. The van der Waals surface area contributed by atoms with Crippen LogP contribution in [0.2, 0.25) is 0 Å². The van der Waals surface area contributed by atoms with Crippen LogP contribution >= 0.6 is 0 Å². The van der Waals surface area contributed by atoms with E-state index in [-0.39, 0.29) is 18.0 Å². The van der Waals surface area contributed by atoms with Crippen molar-refractivity contribution < 1.29 is 4.79 Å². The molecule has 1 aliphatic heterocycles. The summed E-state index contributed by atoms with van der Waals surface area (Å²) in [5.74, 6) is 0.625. The lowest BCUT2D eigenvalue weighted by Crippen LogP contribution is -2.45. The highest BCUT2D eigenvalue weighted by Crippen LogP contribution is 2.10. The van der Waals surface area contributed by atoms with Gasteiger partial charge in [0, 0.05) is 25.7 Å². The number of amides is 1. The second kappa shape index (κ2) is 5.47. The summed E-state index contributed by atoms with van der Waals surface area (Å²) in [6.07, 6.45) is 1.00. The number of carbonyl (C=O) groups is 1. The molecule has 3 N–H and O–H groups in total. The van der Waals surface area contributed by atoms with E-state index >= 15 is 0 Å². The number of nitrogens with two attached hydrogens (primary N) is 1. The zero-order chi connectivity index (χ0) is 11.4. The fourth-order valence-electron chi connectivity index (χ4n) is 1.79. The van der Waals surface area contributed by atoms with Crippen molar-refractivity contribution in [2.75, 3.05) is 19.6 Å². The third-order valence-corrected chi connectivity index (χ3v) is 2.87. The molecule has 4 nitrogen and oxygen atoms in total. The molecule has 0 radical (unpaired) electrons. The lowest BCUT2D eigenvalue weighted by atomic mass is 10.2. The van der Waals surface area contributed by atoms with Gasteiger partial charge in [0.15, 0.2) is 0 Å². The molecule has 0 saturated carbocycles. The van der Waals surface area contributed by atoms with Crippen molar-refractivity contribution in [3.8, 4) is 0 Å². The molecular formula is C11H23N3O. The molecule has 1 unspecified atom stereocenters. The first-order valence-electron chi connectivity index (χ1n) is 5.78. The molecule has 15 heavy (non-hydrogen) atoms. The molecular weight excluding hydrogens is 190 g/mol. The summed E-state index contributed by atoms with van der Waals surface area (Å²) in [6, 6.07) is 0.197. The van der Waals surface area contributed by atoms with Crippen molar-refractivity contribution in [1.29, 1.82) is 0 Å². The molecule has 1 saturated heterocycles. The van der Waals surface area contributed by atoms with Crippen molar-refractivity contribution in [2.45, 2.75) is 39.3 Å². The molecule has 1 heterocycles. The van der Waals surface area contributed by atoms with Gasteiger partial charge in [-0.3, -0.25) is 9.69 Å². The van der Waals surface area contributed by atoms with Crippen LogP contribution in [0.3, 0.4) is 0 Å². The zero-order valence-corrected chi connectivity index (χ0v) is 9.99. The molecule has 2 atom stereocenters. The van der Waals surface area contributed by atoms with Crippen LogP contribution in [0.15, 0.2) is 0 Å². The molecule has 1 amide bonds. The molecule has 4 heteroatoms. The van der Waals surface area contributed by atoms with Gasteiger partial charge in [-0.05, 0) is 19.3 Å². The number of nitrogens with one attached hydrogen (secondary N) is 1. The average molecular weight is 213 g/mol. The van der Waals surface area contributed by atoms with E-state index in [1.165, 1.54) is 0 Å². The number of likely N-dealkylation sites (tertiary alicyclic amines) is 1. The van der Waals surface area contributed by atoms with E-state index in [4.69, 9.17) is 5.73 Å². The van der Waals surface area contributed by atoms with Crippen LogP contribution in [0.25, 0.3) is 0 Å². The highest BCUT2D eigenvalue weighted by atomic mass is 16.2. The Balaban J connectivity index is 2.32. The van der Waals surface area contributed by atoms with Crippen molar-refractivity contribution in [3.05, 3.63) is 0 Å². The fourth-order valence-corrected chi connectivity index (χ4v) is 1.79. The van der Waals surface area contributed by atoms with Crippen molar-refractivity contribution in [2.24, 2.45) is 11.7 Å². The van der Waals surface area contributed by atoms with Gasteiger partial charge in [0.05, 0.1) is 6.04 Å². The van der Waals surface area contributed by atoms with Gasteiger partial charge >= 0.3 is 0 Å². The smallest absolute Gasteiger partial charge is 0.237 e. The normalized spacial score (nSPS) is 24.5. The van der Waals surface area contributed by atoms with Crippen LogP contribution in [0, 0.1) is 5.92 Å². The molecule has 0 aromatic heterocycles. The van der Waals surface area contributed by atoms with Gasteiger partial charge in [0.25, 0.3) is 0 Å². The maximum Gasteiger partial charge on any atom is 0.237 e. The highest BCUT2D eigenvalue weighted by Gasteiger charge is 2.27. The average Bonchev–Trinajstić information content (AvgIpc) is 2.60. The van der Waals surface area contributed by atoms with Crippen molar-refractivity contribution in [3.63, 3.8) is 0 Å². The number of hydrogen-bond acceptors (Lipinski definition) is 3. The molecule has 88 valence electrons. The van der Waals surface area contributed by atoms with Crippen LogP contribution in [-0.4, -0.2) is 42.5 Å².